The molecule has 1 atom stereocenters. The smallest absolute Gasteiger partial charge is 0.0908 e. The van der Waals surface area contributed by atoms with Gasteiger partial charge in [-0.2, -0.15) is 0 Å². The van der Waals surface area contributed by atoms with Crippen LogP contribution in [0.5, 0.6) is 0 Å². The van der Waals surface area contributed by atoms with Crippen molar-refractivity contribution >= 4 is 11.6 Å². The van der Waals surface area contributed by atoms with E-state index in [2.05, 4.69) is 6.92 Å². The zero-order valence-electron chi connectivity index (χ0n) is 19.1. The van der Waals surface area contributed by atoms with Crippen molar-refractivity contribution in [3.63, 3.8) is 0 Å². The molecule has 3 heteroatoms. The van der Waals surface area contributed by atoms with Gasteiger partial charge in [-0.3, -0.25) is 0 Å². The zero-order chi connectivity index (χ0) is 20.5. The van der Waals surface area contributed by atoms with E-state index >= 15 is 0 Å². The third kappa shape index (κ3) is 24.2. The Morgan fingerprint density at radius 1 is 0.571 bits per heavy atom. The maximum absolute atomic E-state index is 9.27. The van der Waals surface area contributed by atoms with Gasteiger partial charge in [-0.25, -0.2) is 0 Å². The number of ether oxygens (including phenoxy) is 1. The highest BCUT2D eigenvalue weighted by atomic mass is 35.5. The third-order valence-electron chi connectivity index (χ3n) is 5.63. The lowest BCUT2D eigenvalue weighted by Crippen LogP contribution is -2.17. The molecule has 0 spiro atoms. The Morgan fingerprint density at radius 2 is 0.893 bits per heavy atom. The fourth-order valence-electron chi connectivity index (χ4n) is 3.72. The lowest BCUT2D eigenvalue weighted by atomic mass is 10.0. The molecule has 2 nitrogen and oxygen atoms in total. The fourth-order valence-corrected chi connectivity index (χ4v) is 3.81. The van der Waals surface area contributed by atoms with Gasteiger partial charge < -0.3 is 9.84 Å². The second kappa shape index (κ2) is 25.2. The first-order chi connectivity index (χ1) is 13.8. The van der Waals surface area contributed by atoms with E-state index in [1.165, 1.54) is 122 Å². The average Bonchev–Trinajstić information content (AvgIpc) is 2.71. The fraction of sp³-hybridized carbons (Fsp3) is 1.00. The molecule has 0 heterocycles. The number of hydrogen-bond donors (Lipinski definition) is 1. The van der Waals surface area contributed by atoms with Crippen molar-refractivity contribution in [1.29, 1.82) is 0 Å². The number of unbranched alkanes of at least 4 members (excludes halogenated alkanes) is 19. The Morgan fingerprint density at radius 3 is 1.21 bits per heavy atom. The molecular weight excluding hydrogens is 368 g/mol. The molecule has 0 bridgehead atoms. The summed E-state index contributed by atoms with van der Waals surface area (Å²) in [5.41, 5.74) is 0. The Labute approximate surface area is 182 Å². The van der Waals surface area contributed by atoms with Crippen molar-refractivity contribution in [2.45, 2.75) is 141 Å². The number of alkyl halides is 1. The normalized spacial score (nSPS) is 12.5. The van der Waals surface area contributed by atoms with E-state index in [-0.39, 0.29) is 5.88 Å². The van der Waals surface area contributed by atoms with Gasteiger partial charge in [0.25, 0.3) is 0 Å². The molecule has 0 rings (SSSR count). The Kier molecular flexibility index (Phi) is 25.4. The molecule has 0 fully saturated rings. The van der Waals surface area contributed by atoms with Crippen LogP contribution in [0.2, 0.25) is 0 Å². The molecule has 170 valence electrons. The molecule has 0 aromatic rings. The molecule has 1 N–H and O–H groups in total. The summed E-state index contributed by atoms with van der Waals surface area (Å²) in [5, 5.41) is 9.27. The van der Waals surface area contributed by atoms with Crippen LogP contribution in [0.1, 0.15) is 135 Å². The first-order valence-electron chi connectivity index (χ1n) is 12.6. The van der Waals surface area contributed by atoms with E-state index in [1.54, 1.807) is 0 Å². The molecule has 0 amide bonds. The van der Waals surface area contributed by atoms with Crippen molar-refractivity contribution in [2.75, 3.05) is 19.1 Å². The minimum Gasteiger partial charge on any atom is -0.389 e. The predicted molar refractivity (Wildman–Crippen MR) is 126 cm³/mol. The molecule has 1 unspecified atom stereocenters. The Balaban J connectivity index is 3.00. The first kappa shape index (κ1) is 28.2. The van der Waals surface area contributed by atoms with Gasteiger partial charge in [0.2, 0.25) is 0 Å². The largest absolute Gasteiger partial charge is 0.389 e. The van der Waals surface area contributed by atoms with Gasteiger partial charge in [0.05, 0.1) is 18.6 Å². The number of hydrogen-bond acceptors (Lipinski definition) is 2. The van der Waals surface area contributed by atoms with Gasteiger partial charge in [-0.15, -0.1) is 11.6 Å². The van der Waals surface area contributed by atoms with Crippen molar-refractivity contribution < 1.29 is 9.84 Å². The van der Waals surface area contributed by atoms with Gasteiger partial charge in [0.1, 0.15) is 0 Å². The summed E-state index contributed by atoms with van der Waals surface area (Å²) in [6.07, 6.45) is 27.6. The summed E-state index contributed by atoms with van der Waals surface area (Å²) >= 11 is 5.52. The van der Waals surface area contributed by atoms with Crippen LogP contribution in [0.25, 0.3) is 0 Å². The summed E-state index contributed by atoms with van der Waals surface area (Å²) in [7, 11) is 0. The third-order valence-corrected chi connectivity index (χ3v) is 5.99. The summed E-state index contributed by atoms with van der Waals surface area (Å²) in [5.74, 6) is 0.263. The Bertz CT molecular complexity index is 273. The molecule has 0 aliphatic carbocycles. The van der Waals surface area contributed by atoms with E-state index in [0.717, 1.165) is 13.0 Å². The second-order valence-electron chi connectivity index (χ2n) is 8.60. The highest BCUT2D eigenvalue weighted by molar-refractivity contribution is 6.18. The summed E-state index contributed by atoms with van der Waals surface area (Å²) in [6.45, 7) is 3.43. The maximum atomic E-state index is 9.27. The van der Waals surface area contributed by atoms with Gasteiger partial charge in [0.15, 0.2) is 0 Å². The predicted octanol–water partition coefficient (Wildman–Crippen LogP) is 8.42. The average molecular weight is 419 g/mol. The van der Waals surface area contributed by atoms with Crippen LogP contribution >= 0.6 is 11.6 Å². The van der Waals surface area contributed by atoms with Gasteiger partial charge in [-0.1, -0.05) is 129 Å². The second-order valence-corrected chi connectivity index (χ2v) is 8.91. The molecule has 0 radical (unpaired) electrons. The monoisotopic (exact) mass is 418 g/mol. The summed E-state index contributed by atoms with van der Waals surface area (Å²) < 4.78 is 5.39. The van der Waals surface area contributed by atoms with Crippen molar-refractivity contribution in [1.82, 2.24) is 0 Å². The van der Waals surface area contributed by atoms with Crippen LogP contribution in [0.4, 0.5) is 0 Å². The maximum Gasteiger partial charge on any atom is 0.0908 e. The number of halogens is 1. The number of aliphatic hydroxyl groups excluding tert-OH is 1. The van der Waals surface area contributed by atoms with Crippen molar-refractivity contribution in [3.05, 3.63) is 0 Å². The highest BCUT2D eigenvalue weighted by Gasteiger charge is 2.00. The van der Waals surface area contributed by atoms with Crippen molar-refractivity contribution in [3.8, 4) is 0 Å². The lowest BCUT2D eigenvalue weighted by Gasteiger charge is -2.07. The van der Waals surface area contributed by atoms with Crippen LogP contribution in [-0.2, 0) is 4.74 Å². The Hall–Kier alpha value is 0.210. The lowest BCUT2D eigenvalue weighted by molar-refractivity contribution is 0.0461. The number of rotatable bonds is 24. The standard InChI is InChI=1S/C25H51ClO2/c1-2-3-4-5-6-7-8-9-10-11-12-13-14-15-16-17-18-19-20-21-22-28-24-25(27)23-26/h25,27H,2-24H2,1H3. The zero-order valence-corrected chi connectivity index (χ0v) is 19.8. The van der Waals surface area contributed by atoms with E-state index in [0.29, 0.717) is 6.61 Å². The molecule has 0 aromatic heterocycles. The minimum absolute atomic E-state index is 0.263. The van der Waals surface area contributed by atoms with Crippen LogP contribution in [0.3, 0.4) is 0 Å². The van der Waals surface area contributed by atoms with Crippen LogP contribution in [0.15, 0.2) is 0 Å². The van der Waals surface area contributed by atoms with Crippen molar-refractivity contribution in [2.24, 2.45) is 0 Å². The SMILES string of the molecule is CCCCCCCCCCCCCCCCCCCCCCOCC(O)CCl. The molecule has 0 aromatic carbocycles. The van der Waals surface area contributed by atoms with Crippen LogP contribution in [-0.4, -0.2) is 30.3 Å². The molecule has 0 aliphatic rings. The van der Waals surface area contributed by atoms with Crippen LogP contribution in [0, 0.1) is 0 Å². The summed E-state index contributed by atoms with van der Waals surface area (Å²) in [6, 6.07) is 0. The molecule has 0 aliphatic heterocycles. The van der Waals surface area contributed by atoms with Crippen LogP contribution < -0.4 is 0 Å². The molecule has 0 saturated carbocycles. The van der Waals surface area contributed by atoms with E-state index < -0.39 is 6.10 Å². The minimum atomic E-state index is -0.508. The topological polar surface area (TPSA) is 29.5 Å². The summed E-state index contributed by atoms with van der Waals surface area (Å²) in [4.78, 5) is 0. The van der Waals surface area contributed by atoms with E-state index in [1.807, 2.05) is 0 Å². The van der Waals surface area contributed by atoms with E-state index in [4.69, 9.17) is 16.3 Å². The first-order valence-corrected chi connectivity index (χ1v) is 13.2. The highest BCUT2D eigenvalue weighted by Crippen LogP contribution is 2.14. The van der Waals surface area contributed by atoms with Gasteiger partial charge in [-0.05, 0) is 6.42 Å². The molecule has 28 heavy (non-hydrogen) atoms. The van der Waals surface area contributed by atoms with E-state index in [9.17, 15) is 5.11 Å². The number of aliphatic hydroxyl groups is 1. The van der Waals surface area contributed by atoms with Gasteiger partial charge in [0, 0.05) is 6.61 Å². The molecular formula is C25H51ClO2. The quantitative estimate of drug-likeness (QED) is 0.126. The molecule has 0 saturated heterocycles. The van der Waals surface area contributed by atoms with Gasteiger partial charge >= 0.3 is 0 Å².